The average Bonchev–Trinajstić information content (AvgIpc) is 2.68. The van der Waals surface area contributed by atoms with E-state index < -0.39 is 0 Å². The van der Waals surface area contributed by atoms with Crippen LogP contribution in [0.15, 0.2) is 30.3 Å². The zero-order valence-corrected chi connectivity index (χ0v) is 12.7. The fourth-order valence-corrected chi connectivity index (χ4v) is 2.48. The number of ether oxygens (including phenoxy) is 3. The van der Waals surface area contributed by atoms with Gasteiger partial charge in [-0.2, -0.15) is 0 Å². The highest BCUT2D eigenvalue weighted by molar-refractivity contribution is 5.67. The van der Waals surface area contributed by atoms with Gasteiger partial charge in [0.1, 0.15) is 6.61 Å². The van der Waals surface area contributed by atoms with Gasteiger partial charge in [0.2, 0.25) is 0 Å². The first-order valence-electron chi connectivity index (χ1n) is 7.15. The van der Waals surface area contributed by atoms with Gasteiger partial charge in [-0.05, 0) is 5.56 Å². The Morgan fingerprint density at radius 3 is 2.86 bits per heavy atom. The highest BCUT2D eigenvalue weighted by Gasteiger charge is 2.33. The van der Waals surface area contributed by atoms with Crippen molar-refractivity contribution in [1.82, 2.24) is 4.90 Å². The minimum absolute atomic E-state index is 0.197. The molecular weight excluding hydrogens is 270 g/mol. The van der Waals surface area contributed by atoms with Crippen molar-refractivity contribution in [3.05, 3.63) is 35.9 Å². The Bertz CT molecular complexity index is 451. The molecule has 0 N–H and O–H groups in total. The topological polar surface area (TPSA) is 48.0 Å². The monoisotopic (exact) mass is 293 g/mol. The maximum absolute atomic E-state index is 12.2. The maximum atomic E-state index is 12.2. The highest BCUT2D eigenvalue weighted by Crippen LogP contribution is 2.22. The Balaban J connectivity index is 1.91. The van der Waals surface area contributed by atoms with Crippen molar-refractivity contribution in [2.24, 2.45) is 5.41 Å². The summed E-state index contributed by atoms with van der Waals surface area (Å²) in [7, 11) is 1.66. The van der Waals surface area contributed by atoms with Gasteiger partial charge in [0, 0.05) is 25.6 Å². The normalized spacial score (nSPS) is 22.7. The van der Waals surface area contributed by atoms with Crippen molar-refractivity contribution in [2.75, 3.05) is 40.0 Å². The summed E-state index contributed by atoms with van der Waals surface area (Å²) >= 11 is 0. The fraction of sp³-hybridized carbons (Fsp3) is 0.562. The highest BCUT2D eigenvalue weighted by atomic mass is 16.6. The molecule has 0 aliphatic carbocycles. The summed E-state index contributed by atoms with van der Waals surface area (Å²) in [5, 5.41) is 0. The minimum atomic E-state index is -0.299. The second-order valence-corrected chi connectivity index (χ2v) is 5.76. The molecule has 1 aromatic carbocycles. The number of nitrogens with zero attached hydrogens (tertiary/aromatic N) is 1. The van der Waals surface area contributed by atoms with Gasteiger partial charge in [0.15, 0.2) is 0 Å². The first kappa shape index (κ1) is 15.8. The minimum Gasteiger partial charge on any atom is -0.445 e. The molecule has 1 atom stereocenters. The quantitative estimate of drug-likeness (QED) is 0.854. The van der Waals surface area contributed by atoms with Crippen LogP contribution in [0, 0.1) is 5.41 Å². The van der Waals surface area contributed by atoms with E-state index in [1.807, 2.05) is 30.3 Å². The van der Waals surface area contributed by atoms with Crippen molar-refractivity contribution in [3.8, 4) is 0 Å². The Hall–Kier alpha value is -1.59. The summed E-state index contributed by atoms with van der Waals surface area (Å²) in [6, 6.07) is 9.67. The predicted octanol–water partition coefficient (Wildman–Crippen LogP) is 2.31. The Morgan fingerprint density at radius 1 is 1.38 bits per heavy atom. The zero-order valence-electron chi connectivity index (χ0n) is 12.7. The third-order valence-corrected chi connectivity index (χ3v) is 3.48. The number of carbonyl (C=O) groups is 1. The van der Waals surface area contributed by atoms with E-state index >= 15 is 0 Å². The molecule has 1 amide bonds. The summed E-state index contributed by atoms with van der Waals surface area (Å²) in [5.74, 6) is 0. The molecule has 1 heterocycles. The number of carbonyl (C=O) groups excluding carboxylic acids is 1. The average molecular weight is 293 g/mol. The van der Waals surface area contributed by atoms with E-state index in [1.54, 1.807) is 12.0 Å². The molecule has 1 fully saturated rings. The van der Waals surface area contributed by atoms with Crippen molar-refractivity contribution in [3.63, 3.8) is 0 Å². The van der Waals surface area contributed by atoms with Crippen LogP contribution in [0.5, 0.6) is 0 Å². The molecule has 0 spiro atoms. The molecule has 2 rings (SSSR count). The van der Waals surface area contributed by atoms with E-state index in [1.165, 1.54) is 0 Å². The van der Waals surface area contributed by atoms with Crippen LogP contribution in [-0.2, 0) is 20.8 Å². The molecule has 1 aromatic rings. The number of methoxy groups -OCH3 is 1. The van der Waals surface area contributed by atoms with Crippen LogP contribution < -0.4 is 0 Å². The number of hydrogen-bond acceptors (Lipinski definition) is 4. The molecule has 1 aliphatic rings. The maximum Gasteiger partial charge on any atom is 0.410 e. The van der Waals surface area contributed by atoms with Gasteiger partial charge in [-0.15, -0.1) is 0 Å². The molecular formula is C16H23NO4. The molecule has 21 heavy (non-hydrogen) atoms. The van der Waals surface area contributed by atoms with Crippen LogP contribution in [0.4, 0.5) is 4.79 Å². The third kappa shape index (κ3) is 4.72. The molecule has 0 bridgehead atoms. The van der Waals surface area contributed by atoms with Gasteiger partial charge >= 0.3 is 6.09 Å². The molecule has 5 nitrogen and oxygen atoms in total. The molecule has 1 saturated heterocycles. The molecule has 0 unspecified atom stereocenters. The Kier molecular flexibility index (Phi) is 5.59. The zero-order chi connectivity index (χ0) is 15.1. The van der Waals surface area contributed by atoms with E-state index in [2.05, 4.69) is 6.92 Å². The lowest BCUT2D eigenvalue weighted by Crippen LogP contribution is -2.42. The van der Waals surface area contributed by atoms with Crippen LogP contribution in [0.1, 0.15) is 12.5 Å². The van der Waals surface area contributed by atoms with Gasteiger partial charge in [-0.25, -0.2) is 4.79 Å². The van der Waals surface area contributed by atoms with Crippen molar-refractivity contribution < 1.29 is 19.0 Å². The first-order chi connectivity index (χ1) is 10.1. The molecule has 0 saturated carbocycles. The molecule has 5 heteroatoms. The summed E-state index contributed by atoms with van der Waals surface area (Å²) < 4.78 is 16.2. The van der Waals surface area contributed by atoms with Gasteiger partial charge in [-0.1, -0.05) is 37.3 Å². The largest absolute Gasteiger partial charge is 0.445 e. The second-order valence-electron chi connectivity index (χ2n) is 5.76. The van der Waals surface area contributed by atoms with Gasteiger partial charge < -0.3 is 19.1 Å². The summed E-state index contributed by atoms with van der Waals surface area (Å²) in [6.07, 6.45) is -0.299. The van der Waals surface area contributed by atoms with Crippen molar-refractivity contribution in [2.45, 2.75) is 13.5 Å². The first-order valence-corrected chi connectivity index (χ1v) is 7.15. The lowest BCUT2D eigenvalue weighted by atomic mass is 9.92. The smallest absolute Gasteiger partial charge is 0.410 e. The van der Waals surface area contributed by atoms with Crippen LogP contribution in [-0.4, -0.2) is 51.0 Å². The molecule has 0 aromatic heterocycles. The Labute approximate surface area is 125 Å². The van der Waals surface area contributed by atoms with Gasteiger partial charge in [0.25, 0.3) is 0 Å². The fourth-order valence-electron chi connectivity index (χ4n) is 2.48. The van der Waals surface area contributed by atoms with Crippen molar-refractivity contribution in [1.29, 1.82) is 0 Å². The number of benzene rings is 1. The lowest BCUT2D eigenvalue weighted by molar-refractivity contribution is 0.0152. The number of amides is 1. The summed E-state index contributed by atoms with van der Waals surface area (Å²) in [5.41, 5.74) is 0.786. The molecule has 116 valence electrons. The number of rotatable bonds is 4. The van der Waals surface area contributed by atoms with E-state index in [4.69, 9.17) is 14.2 Å². The van der Waals surface area contributed by atoms with E-state index in [-0.39, 0.29) is 18.1 Å². The molecule has 0 radical (unpaired) electrons. The predicted molar refractivity (Wildman–Crippen MR) is 79.0 cm³/mol. The van der Waals surface area contributed by atoms with E-state index in [0.29, 0.717) is 32.9 Å². The van der Waals surface area contributed by atoms with E-state index in [0.717, 1.165) is 5.56 Å². The van der Waals surface area contributed by atoms with Crippen LogP contribution in [0.25, 0.3) is 0 Å². The van der Waals surface area contributed by atoms with Gasteiger partial charge in [0.05, 0.1) is 19.8 Å². The summed E-state index contributed by atoms with van der Waals surface area (Å²) in [4.78, 5) is 13.9. The SMILES string of the molecule is COC[C@]1(C)COCCN(C(=O)OCc2ccccc2)C1. The lowest BCUT2D eigenvalue weighted by Gasteiger charge is -2.30. The molecule has 1 aliphatic heterocycles. The van der Waals surface area contributed by atoms with E-state index in [9.17, 15) is 4.79 Å². The third-order valence-electron chi connectivity index (χ3n) is 3.48. The number of hydrogen-bond donors (Lipinski definition) is 0. The standard InChI is InChI=1S/C16H23NO4/c1-16(12-19-2)11-17(8-9-20-13-16)15(18)21-10-14-6-4-3-5-7-14/h3-7H,8-13H2,1-2H3/t16-/m1/s1. The summed E-state index contributed by atoms with van der Waals surface area (Å²) in [6.45, 7) is 5.14. The van der Waals surface area contributed by atoms with Crippen molar-refractivity contribution >= 4 is 6.09 Å². The second kappa shape index (κ2) is 7.43. The van der Waals surface area contributed by atoms with Crippen LogP contribution in [0.2, 0.25) is 0 Å². The van der Waals surface area contributed by atoms with Gasteiger partial charge in [-0.3, -0.25) is 0 Å². The Morgan fingerprint density at radius 2 is 2.14 bits per heavy atom. The van der Waals surface area contributed by atoms with Crippen LogP contribution in [0.3, 0.4) is 0 Å². The van der Waals surface area contributed by atoms with Crippen LogP contribution >= 0.6 is 0 Å².